The molecule has 0 unspecified atom stereocenters. The van der Waals surface area contributed by atoms with Crippen molar-refractivity contribution in [2.75, 3.05) is 30.7 Å². The van der Waals surface area contributed by atoms with Crippen LogP contribution in [0.3, 0.4) is 0 Å². The van der Waals surface area contributed by atoms with E-state index in [4.69, 9.17) is 10.8 Å². The Morgan fingerprint density at radius 2 is 2.10 bits per heavy atom. The zero-order chi connectivity index (χ0) is 14.5. The molecular formula is C13H18N4O3. The smallest absolute Gasteiger partial charge is 0.337 e. The predicted molar refractivity (Wildman–Crippen MR) is 74.5 cm³/mol. The average Bonchev–Trinajstić information content (AvgIpc) is 2.94. The molecule has 20 heavy (non-hydrogen) atoms. The third-order valence-electron chi connectivity index (χ3n) is 3.31. The number of hydrogen-bond donors (Lipinski definition) is 3. The molecule has 0 atom stereocenters. The molecule has 0 bridgehead atoms. The van der Waals surface area contributed by atoms with Gasteiger partial charge >= 0.3 is 5.97 Å². The van der Waals surface area contributed by atoms with Gasteiger partial charge in [0.05, 0.1) is 11.3 Å². The molecule has 0 aliphatic carbocycles. The van der Waals surface area contributed by atoms with Crippen molar-refractivity contribution in [2.24, 2.45) is 0 Å². The number of carboxylic acid groups (broad SMARTS) is 1. The first kappa shape index (κ1) is 14.1. The summed E-state index contributed by atoms with van der Waals surface area (Å²) in [5.41, 5.74) is 5.82. The number of rotatable bonds is 5. The van der Waals surface area contributed by atoms with E-state index in [0.29, 0.717) is 18.8 Å². The number of pyridine rings is 1. The van der Waals surface area contributed by atoms with Crippen LogP contribution in [0.15, 0.2) is 12.3 Å². The lowest BCUT2D eigenvalue weighted by atomic mass is 10.2. The lowest BCUT2D eigenvalue weighted by Gasteiger charge is -2.15. The van der Waals surface area contributed by atoms with Crippen LogP contribution in [-0.2, 0) is 4.79 Å². The molecule has 1 fully saturated rings. The molecule has 0 saturated carbocycles. The van der Waals surface area contributed by atoms with Gasteiger partial charge in [-0.2, -0.15) is 0 Å². The molecule has 108 valence electrons. The number of anilines is 2. The molecule has 0 radical (unpaired) electrons. The van der Waals surface area contributed by atoms with Gasteiger partial charge in [-0.15, -0.1) is 0 Å². The van der Waals surface area contributed by atoms with E-state index in [1.807, 2.05) is 4.90 Å². The second-order valence-electron chi connectivity index (χ2n) is 4.69. The summed E-state index contributed by atoms with van der Waals surface area (Å²) < 4.78 is 0. The highest BCUT2D eigenvalue weighted by molar-refractivity contribution is 5.96. The number of aromatic nitrogens is 1. The first-order valence-corrected chi connectivity index (χ1v) is 6.59. The summed E-state index contributed by atoms with van der Waals surface area (Å²) in [5, 5.41) is 11.9. The van der Waals surface area contributed by atoms with Gasteiger partial charge in [0.2, 0.25) is 5.91 Å². The molecule has 2 heterocycles. The van der Waals surface area contributed by atoms with E-state index >= 15 is 0 Å². The average molecular weight is 278 g/mol. The van der Waals surface area contributed by atoms with Gasteiger partial charge < -0.3 is 21.1 Å². The summed E-state index contributed by atoms with van der Waals surface area (Å²) in [4.78, 5) is 28.6. The van der Waals surface area contributed by atoms with Gasteiger partial charge in [-0.25, -0.2) is 9.78 Å². The van der Waals surface area contributed by atoms with Gasteiger partial charge in [-0.1, -0.05) is 0 Å². The van der Waals surface area contributed by atoms with Crippen LogP contribution in [-0.4, -0.2) is 46.5 Å². The minimum absolute atomic E-state index is 0.00775. The van der Waals surface area contributed by atoms with Crippen molar-refractivity contribution in [3.8, 4) is 0 Å². The normalized spacial score (nSPS) is 14.3. The van der Waals surface area contributed by atoms with Gasteiger partial charge in [-0.3, -0.25) is 4.79 Å². The van der Waals surface area contributed by atoms with Crippen molar-refractivity contribution in [3.63, 3.8) is 0 Å². The number of carbonyl (C=O) groups is 2. The molecule has 1 saturated heterocycles. The van der Waals surface area contributed by atoms with E-state index in [9.17, 15) is 9.59 Å². The fraction of sp³-hybridized carbons (Fsp3) is 0.462. The van der Waals surface area contributed by atoms with Gasteiger partial charge in [0, 0.05) is 32.3 Å². The van der Waals surface area contributed by atoms with Crippen molar-refractivity contribution < 1.29 is 14.7 Å². The summed E-state index contributed by atoms with van der Waals surface area (Å²) in [6.45, 7) is 2.04. The Labute approximate surface area is 116 Å². The Bertz CT molecular complexity index is 512. The van der Waals surface area contributed by atoms with Gasteiger partial charge in [0.25, 0.3) is 0 Å². The van der Waals surface area contributed by atoms with E-state index in [0.717, 1.165) is 25.9 Å². The van der Waals surface area contributed by atoms with E-state index in [2.05, 4.69) is 10.3 Å². The first-order chi connectivity index (χ1) is 9.59. The maximum absolute atomic E-state index is 11.8. The Hall–Kier alpha value is -2.31. The summed E-state index contributed by atoms with van der Waals surface area (Å²) >= 11 is 0. The first-order valence-electron chi connectivity index (χ1n) is 6.59. The molecule has 2 rings (SSSR count). The second kappa shape index (κ2) is 6.23. The lowest BCUT2D eigenvalue weighted by molar-refractivity contribution is -0.129. The van der Waals surface area contributed by atoms with Gasteiger partial charge in [0.15, 0.2) is 0 Å². The maximum atomic E-state index is 11.8. The molecule has 1 aromatic heterocycles. The predicted octanol–water partition coefficient (Wildman–Crippen LogP) is 0.786. The van der Waals surface area contributed by atoms with Crippen molar-refractivity contribution in [3.05, 3.63) is 17.8 Å². The van der Waals surface area contributed by atoms with Crippen LogP contribution in [0.25, 0.3) is 0 Å². The highest BCUT2D eigenvalue weighted by Gasteiger charge is 2.17. The number of aromatic carboxylic acids is 1. The monoisotopic (exact) mass is 278 g/mol. The Balaban J connectivity index is 1.89. The number of likely N-dealkylation sites (tertiary alicyclic amines) is 1. The highest BCUT2D eigenvalue weighted by atomic mass is 16.4. The fourth-order valence-corrected chi connectivity index (χ4v) is 2.21. The maximum Gasteiger partial charge on any atom is 0.337 e. The van der Waals surface area contributed by atoms with Crippen LogP contribution in [0.2, 0.25) is 0 Å². The molecule has 0 spiro atoms. The van der Waals surface area contributed by atoms with E-state index in [1.54, 1.807) is 0 Å². The van der Waals surface area contributed by atoms with Crippen LogP contribution in [0.4, 0.5) is 11.5 Å². The van der Waals surface area contributed by atoms with E-state index in [1.165, 1.54) is 12.3 Å². The van der Waals surface area contributed by atoms with E-state index < -0.39 is 5.97 Å². The number of carboxylic acids is 1. The zero-order valence-corrected chi connectivity index (χ0v) is 11.1. The summed E-state index contributed by atoms with van der Waals surface area (Å²) in [5.74, 6) is -0.692. The minimum Gasteiger partial charge on any atom is -0.478 e. The van der Waals surface area contributed by atoms with Crippen LogP contribution >= 0.6 is 0 Å². The van der Waals surface area contributed by atoms with Crippen molar-refractivity contribution in [1.29, 1.82) is 0 Å². The number of hydrogen-bond acceptors (Lipinski definition) is 5. The largest absolute Gasteiger partial charge is 0.478 e. The van der Waals surface area contributed by atoms with Gasteiger partial charge in [-0.05, 0) is 18.9 Å². The molecule has 1 aliphatic rings. The number of nitrogen functional groups attached to an aromatic ring is 1. The molecular weight excluding hydrogens is 260 g/mol. The molecule has 7 heteroatoms. The number of nitrogens with zero attached hydrogens (tertiary/aromatic N) is 2. The topological polar surface area (TPSA) is 109 Å². The molecule has 1 amide bonds. The molecule has 4 N–H and O–H groups in total. The number of amides is 1. The van der Waals surface area contributed by atoms with Gasteiger partial charge in [0.1, 0.15) is 5.82 Å². The van der Waals surface area contributed by atoms with Crippen LogP contribution in [0.1, 0.15) is 29.6 Å². The standard InChI is InChI=1S/C13H18N4O3/c14-11-9(13(19)20)3-5-15-12(11)16-6-4-10(18)17-7-1-2-8-17/h3,5H,1-2,4,6-8,14H2,(H,15,16)(H,19,20). The zero-order valence-electron chi connectivity index (χ0n) is 11.1. The Morgan fingerprint density at radius 3 is 2.75 bits per heavy atom. The molecule has 1 aromatic rings. The quantitative estimate of drug-likeness (QED) is 0.734. The Kier molecular flexibility index (Phi) is 4.39. The number of nitrogens with one attached hydrogen (secondary N) is 1. The summed E-state index contributed by atoms with van der Waals surface area (Å²) in [6, 6.07) is 1.35. The fourth-order valence-electron chi connectivity index (χ4n) is 2.21. The molecule has 1 aliphatic heterocycles. The van der Waals surface area contributed by atoms with Crippen molar-refractivity contribution in [1.82, 2.24) is 9.88 Å². The Morgan fingerprint density at radius 1 is 1.40 bits per heavy atom. The van der Waals surface area contributed by atoms with Crippen LogP contribution in [0, 0.1) is 0 Å². The van der Waals surface area contributed by atoms with Crippen molar-refractivity contribution in [2.45, 2.75) is 19.3 Å². The minimum atomic E-state index is -1.10. The SMILES string of the molecule is Nc1c(C(=O)O)ccnc1NCCC(=O)N1CCCC1. The lowest BCUT2D eigenvalue weighted by Crippen LogP contribution is -2.29. The second-order valence-corrected chi connectivity index (χ2v) is 4.69. The molecule has 7 nitrogen and oxygen atoms in total. The highest BCUT2D eigenvalue weighted by Crippen LogP contribution is 2.19. The summed E-state index contributed by atoms with van der Waals surface area (Å²) in [6.07, 6.45) is 3.85. The van der Waals surface area contributed by atoms with Crippen molar-refractivity contribution >= 4 is 23.4 Å². The van der Waals surface area contributed by atoms with E-state index in [-0.39, 0.29) is 17.2 Å². The number of carbonyl (C=O) groups excluding carboxylic acids is 1. The third-order valence-corrected chi connectivity index (χ3v) is 3.31. The number of nitrogens with two attached hydrogens (primary N) is 1. The third kappa shape index (κ3) is 3.17. The summed E-state index contributed by atoms with van der Waals surface area (Å²) in [7, 11) is 0. The molecule has 0 aromatic carbocycles. The van der Waals surface area contributed by atoms with Crippen LogP contribution in [0.5, 0.6) is 0 Å². The van der Waals surface area contributed by atoms with Crippen LogP contribution < -0.4 is 11.1 Å².